The van der Waals surface area contributed by atoms with Crippen molar-refractivity contribution in [1.29, 1.82) is 0 Å². The fraction of sp³-hybridized carbons (Fsp3) is 0.269. The molecule has 5 rings (SSSR count). The van der Waals surface area contributed by atoms with Crippen LogP contribution in [0.5, 0.6) is 0 Å². The second-order valence-electron chi connectivity index (χ2n) is 8.47. The zero-order valence-corrected chi connectivity index (χ0v) is 18.9. The molecule has 0 unspecified atom stereocenters. The third kappa shape index (κ3) is 4.31. The summed E-state index contributed by atoms with van der Waals surface area (Å²) in [5.41, 5.74) is 6.02. The topological polar surface area (TPSA) is 41.6 Å². The number of rotatable bonds is 5. The highest BCUT2D eigenvalue weighted by Gasteiger charge is 2.26. The molecule has 0 aliphatic carbocycles. The van der Waals surface area contributed by atoms with Crippen LogP contribution in [-0.2, 0) is 13.1 Å². The van der Waals surface area contributed by atoms with Crippen molar-refractivity contribution in [2.45, 2.75) is 20.0 Å². The molecule has 32 heavy (non-hydrogen) atoms. The molecule has 0 bridgehead atoms. The lowest BCUT2D eigenvalue weighted by atomic mass is 10.1. The molecule has 4 aromatic rings. The van der Waals surface area contributed by atoms with Crippen LogP contribution >= 0.6 is 11.6 Å². The average Bonchev–Trinajstić information content (AvgIpc) is 3.39. The lowest BCUT2D eigenvalue weighted by molar-refractivity contribution is 0.0619. The van der Waals surface area contributed by atoms with Gasteiger partial charge < -0.3 is 13.9 Å². The number of nitrogens with zero attached hydrogens (tertiary/aromatic N) is 3. The molecule has 1 aliphatic rings. The minimum Gasteiger partial charge on any atom is -0.463 e. The maximum Gasteiger partial charge on any atom is 0.270 e. The Labute approximate surface area is 192 Å². The molecule has 2 aromatic carbocycles. The van der Waals surface area contributed by atoms with E-state index in [-0.39, 0.29) is 5.91 Å². The van der Waals surface area contributed by atoms with Crippen LogP contribution in [0.2, 0.25) is 5.02 Å². The number of hydrogen-bond acceptors (Lipinski definition) is 3. The molecule has 6 heteroatoms. The summed E-state index contributed by atoms with van der Waals surface area (Å²) in [6, 6.07) is 20.2. The predicted octanol–water partition coefficient (Wildman–Crippen LogP) is 5.20. The number of aryl methyl sites for hydroxylation is 1. The number of carbonyl (C=O) groups excluding carboxylic acids is 1. The Hall–Kier alpha value is -3.02. The molecule has 1 amide bonds. The Balaban J connectivity index is 1.30. The largest absolute Gasteiger partial charge is 0.463 e. The van der Waals surface area contributed by atoms with Gasteiger partial charge in [-0.25, -0.2) is 0 Å². The van der Waals surface area contributed by atoms with E-state index in [9.17, 15) is 4.79 Å². The SMILES string of the molecule is Cc1ccc(Cn2c(C(=O)N3CCN(Cc4ccc(Cl)cc4)CC3)cc3occc32)cc1. The number of piperazine rings is 1. The van der Waals surface area contributed by atoms with Gasteiger partial charge >= 0.3 is 0 Å². The van der Waals surface area contributed by atoms with E-state index in [1.165, 1.54) is 11.1 Å². The zero-order chi connectivity index (χ0) is 22.1. The Morgan fingerprint density at radius 3 is 2.28 bits per heavy atom. The molecule has 5 nitrogen and oxygen atoms in total. The number of benzene rings is 2. The van der Waals surface area contributed by atoms with Gasteiger partial charge in [-0.05, 0) is 30.2 Å². The first-order chi connectivity index (χ1) is 15.6. The molecule has 0 spiro atoms. The molecule has 0 atom stereocenters. The van der Waals surface area contributed by atoms with E-state index in [0.29, 0.717) is 25.3 Å². The standard InChI is InChI=1S/C26H26ClN3O2/c1-19-2-4-21(5-3-19)18-30-23-10-15-32-25(23)16-24(30)26(31)29-13-11-28(12-14-29)17-20-6-8-22(27)9-7-20/h2-10,15-16H,11-14,17-18H2,1H3. The molecule has 0 N–H and O–H groups in total. The van der Waals surface area contributed by atoms with Gasteiger partial charge in [-0.1, -0.05) is 53.6 Å². The van der Waals surface area contributed by atoms with Crippen molar-refractivity contribution in [3.63, 3.8) is 0 Å². The van der Waals surface area contributed by atoms with E-state index >= 15 is 0 Å². The highest BCUT2D eigenvalue weighted by atomic mass is 35.5. The molecule has 1 saturated heterocycles. The van der Waals surface area contributed by atoms with Gasteiger partial charge in [0.2, 0.25) is 0 Å². The van der Waals surface area contributed by atoms with Gasteiger partial charge in [0, 0.05) is 56.4 Å². The minimum absolute atomic E-state index is 0.0645. The molecular weight excluding hydrogens is 422 g/mol. The van der Waals surface area contributed by atoms with E-state index in [1.54, 1.807) is 6.26 Å². The maximum atomic E-state index is 13.5. The van der Waals surface area contributed by atoms with Crippen LogP contribution in [0.15, 0.2) is 71.3 Å². The van der Waals surface area contributed by atoms with Crippen LogP contribution in [0.3, 0.4) is 0 Å². The molecule has 3 heterocycles. The smallest absolute Gasteiger partial charge is 0.270 e. The summed E-state index contributed by atoms with van der Waals surface area (Å²) < 4.78 is 7.69. The van der Waals surface area contributed by atoms with Crippen LogP contribution < -0.4 is 0 Å². The van der Waals surface area contributed by atoms with Crippen molar-refractivity contribution in [3.05, 3.63) is 94.3 Å². The summed E-state index contributed by atoms with van der Waals surface area (Å²) in [4.78, 5) is 17.8. The highest BCUT2D eigenvalue weighted by molar-refractivity contribution is 6.30. The van der Waals surface area contributed by atoms with Gasteiger partial charge in [0.25, 0.3) is 5.91 Å². The maximum absolute atomic E-state index is 13.5. The monoisotopic (exact) mass is 447 g/mol. The first kappa shape index (κ1) is 20.9. The summed E-state index contributed by atoms with van der Waals surface area (Å²) in [5.74, 6) is 0.0645. The molecule has 1 fully saturated rings. The summed E-state index contributed by atoms with van der Waals surface area (Å²) in [7, 11) is 0. The van der Waals surface area contributed by atoms with Crippen LogP contribution in [0, 0.1) is 6.92 Å². The first-order valence-corrected chi connectivity index (χ1v) is 11.3. The van der Waals surface area contributed by atoms with Gasteiger partial charge in [0.15, 0.2) is 5.58 Å². The summed E-state index contributed by atoms with van der Waals surface area (Å²) in [6.45, 7) is 6.71. The summed E-state index contributed by atoms with van der Waals surface area (Å²) in [6.07, 6.45) is 1.68. The summed E-state index contributed by atoms with van der Waals surface area (Å²) >= 11 is 5.99. The zero-order valence-electron chi connectivity index (χ0n) is 18.1. The Bertz CT molecular complexity index is 1220. The van der Waals surface area contributed by atoms with Gasteiger partial charge in [0.05, 0.1) is 11.8 Å². The van der Waals surface area contributed by atoms with Crippen molar-refractivity contribution in [2.75, 3.05) is 26.2 Å². The lowest BCUT2D eigenvalue weighted by Crippen LogP contribution is -2.48. The average molecular weight is 448 g/mol. The Kier molecular flexibility index (Phi) is 5.77. The number of furan rings is 1. The quantitative estimate of drug-likeness (QED) is 0.422. The minimum atomic E-state index is 0.0645. The molecule has 1 aliphatic heterocycles. The van der Waals surface area contributed by atoms with E-state index in [4.69, 9.17) is 16.0 Å². The lowest BCUT2D eigenvalue weighted by Gasteiger charge is -2.35. The van der Waals surface area contributed by atoms with E-state index in [0.717, 1.165) is 41.3 Å². The van der Waals surface area contributed by atoms with Crippen LogP contribution in [0.25, 0.3) is 11.1 Å². The van der Waals surface area contributed by atoms with Gasteiger partial charge in [-0.15, -0.1) is 0 Å². The second kappa shape index (κ2) is 8.85. The van der Waals surface area contributed by atoms with Crippen LogP contribution in [-0.4, -0.2) is 46.5 Å². The molecule has 2 aromatic heterocycles. The number of hydrogen-bond donors (Lipinski definition) is 0. The number of aromatic nitrogens is 1. The third-order valence-electron chi connectivity index (χ3n) is 6.18. The van der Waals surface area contributed by atoms with Crippen molar-refractivity contribution >= 4 is 28.6 Å². The van der Waals surface area contributed by atoms with Gasteiger partial charge in [-0.2, -0.15) is 0 Å². The second-order valence-corrected chi connectivity index (χ2v) is 8.90. The fourth-order valence-electron chi connectivity index (χ4n) is 4.32. The van der Waals surface area contributed by atoms with Crippen molar-refractivity contribution in [2.24, 2.45) is 0 Å². The van der Waals surface area contributed by atoms with Crippen molar-refractivity contribution in [1.82, 2.24) is 14.4 Å². The first-order valence-electron chi connectivity index (χ1n) is 11.0. The van der Waals surface area contributed by atoms with Gasteiger partial charge in [0.1, 0.15) is 5.69 Å². The molecular formula is C26H26ClN3O2. The fourth-order valence-corrected chi connectivity index (χ4v) is 4.45. The number of fused-ring (bicyclic) bond motifs is 1. The molecule has 0 saturated carbocycles. The van der Waals surface area contributed by atoms with E-state index in [2.05, 4.69) is 52.8 Å². The highest BCUT2D eigenvalue weighted by Crippen LogP contribution is 2.24. The van der Waals surface area contributed by atoms with Crippen molar-refractivity contribution < 1.29 is 9.21 Å². The van der Waals surface area contributed by atoms with Crippen LogP contribution in [0.1, 0.15) is 27.2 Å². The Morgan fingerprint density at radius 2 is 1.56 bits per heavy atom. The number of carbonyl (C=O) groups is 1. The van der Waals surface area contributed by atoms with E-state index < -0.39 is 0 Å². The van der Waals surface area contributed by atoms with E-state index in [1.807, 2.05) is 29.2 Å². The van der Waals surface area contributed by atoms with Gasteiger partial charge in [-0.3, -0.25) is 9.69 Å². The third-order valence-corrected chi connectivity index (χ3v) is 6.43. The van der Waals surface area contributed by atoms with Crippen molar-refractivity contribution in [3.8, 4) is 0 Å². The normalized spacial score (nSPS) is 14.9. The van der Waals surface area contributed by atoms with Crippen LogP contribution in [0.4, 0.5) is 0 Å². The molecule has 164 valence electrons. The summed E-state index contributed by atoms with van der Waals surface area (Å²) in [5, 5.41) is 0.753. The number of halogens is 1. The molecule has 0 radical (unpaired) electrons. The Morgan fingerprint density at radius 1 is 0.906 bits per heavy atom. The predicted molar refractivity (Wildman–Crippen MR) is 127 cm³/mol. The number of amides is 1.